The summed E-state index contributed by atoms with van der Waals surface area (Å²) in [7, 11) is 1.34. The average Bonchev–Trinajstić information content (AvgIpc) is 3.05. The van der Waals surface area contributed by atoms with Crippen molar-refractivity contribution in [1.29, 1.82) is 0 Å². The molecule has 1 aromatic heterocycles. The van der Waals surface area contributed by atoms with Crippen LogP contribution in [0.5, 0.6) is 0 Å². The van der Waals surface area contributed by atoms with E-state index in [0.29, 0.717) is 67.4 Å². The molecule has 0 spiro atoms. The van der Waals surface area contributed by atoms with E-state index in [2.05, 4.69) is 9.88 Å². The molecule has 0 saturated carbocycles. The molecule has 5 rings (SSSR count). The first-order valence-corrected chi connectivity index (χ1v) is 15.9. The number of aryl methyl sites for hydroxylation is 1. The van der Waals surface area contributed by atoms with Gasteiger partial charge >= 0.3 is 12.4 Å². The standard InChI is InChI=1S/C35H38F7N5O3/c1-20-10-25(36)6-7-28(20)29-14-31(47-18-26-16-45(21(2)49)8-9-46(26)17-27(47)19-48)43-15-30(29)44(5)32(50)33(3,4)22-11-23(34(37,38)39)13-24(12-22)35(40,41)42/h6-7,10-15,26-27,48H,8-9,16-19H2,1-5H3/t26-,27+/m0/s1. The molecule has 2 aromatic carbocycles. The van der Waals surface area contributed by atoms with Gasteiger partial charge in [-0.1, -0.05) is 6.07 Å². The first kappa shape index (κ1) is 37.0. The summed E-state index contributed by atoms with van der Waals surface area (Å²) >= 11 is 0. The molecule has 0 radical (unpaired) electrons. The number of nitrogens with zero attached hydrogens (tertiary/aromatic N) is 5. The smallest absolute Gasteiger partial charge is 0.394 e. The third-order valence-corrected chi connectivity index (χ3v) is 9.71. The number of hydrogen-bond acceptors (Lipinski definition) is 6. The number of aromatic nitrogens is 1. The fourth-order valence-electron chi connectivity index (χ4n) is 6.75. The number of fused-ring (bicyclic) bond motifs is 1. The minimum atomic E-state index is -5.10. The van der Waals surface area contributed by atoms with Gasteiger partial charge in [0.05, 0.1) is 41.1 Å². The second-order valence-corrected chi connectivity index (χ2v) is 13.4. The van der Waals surface area contributed by atoms with E-state index in [-0.39, 0.29) is 36.4 Å². The van der Waals surface area contributed by atoms with Crippen molar-refractivity contribution in [1.82, 2.24) is 14.8 Å². The number of likely N-dealkylation sites (N-methyl/N-ethyl adjacent to an activating group) is 1. The van der Waals surface area contributed by atoms with Gasteiger partial charge in [-0.05, 0) is 73.9 Å². The van der Waals surface area contributed by atoms with Gasteiger partial charge in [0.1, 0.15) is 11.6 Å². The van der Waals surface area contributed by atoms with Crippen LogP contribution >= 0.6 is 0 Å². The molecular formula is C35H38F7N5O3. The van der Waals surface area contributed by atoms with Gasteiger partial charge in [0.2, 0.25) is 11.8 Å². The molecule has 1 N–H and O–H groups in total. The van der Waals surface area contributed by atoms with Crippen LogP contribution in [0.25, 0.3) is 11.1 Å². The molecule has 8 nitrogen and oxygen atoms in total. The Labute approximate surface area is 285 Å². The largest absolute Gasteiger partial charge is 0.416 e. The highest BCUT2D eigenvalue weighted by Crippen LogP contribution is 2.41. The highest BCUT2D eigenvalue weighted by atomic mass is 19.4. The fraction of sp³-hybridized carbons (Fsp3) is 0.457. The molecule has 0 unspecified atom stereocenters. The highest BCUT2D eigenvalue weighted by Gasteiger charge is 2.42. The van der Waals surface area contributed by atoms with Crippen molar-refractivity contribution in [3.63, 3.8) is 0 Å². The van der Waals surface area contributed by atoms with Crippen molar-refractivity contribution < 1.29 is 45.4 Å². The maximum atomic E-state index is 14.2. The van der Waals surface area contributed by atoms with Gasteiger partial charge in [-0.3, -0.25) is 14.5 Å². The van der Waals surface area contributed by atoms with E-state index < -0.39 is 46.2 Å². The normalized spacial score (nSPS) is 19.0. The number of halogens is 7. The van der Waals surface area contributed by atoms with Crippen LogP contribution in [-0.2, 0) is 27.4 Å². The van der Waals surface area contributed by atoms with E-state index in [0.717, 1.165) is 4.90 Å². The van der Waals surface area contributed by atoms with Gasteiger partial charge in [0.25, 0.3) is 0 Å². The summed E-state index contributed by atoms with van der Waals surface area (Å²) < 4.78 is 96.5. The van der Waals surface area contributed by atoms with E-state index >= 15 is 0 Å². The molecule has 2 aliphatic rings. The summed E-state index contributed by atoms with van der Waals surface area (Å²) in [5.41, 5.74) is -3.90. The van der Waals surface area contributed by atoms with Crippen LogP contribution in [0.3, 0.4) is 0 Å². The van der Waals surface area contributed by atoms with Crippen LogP contribution in [0.1, 0.15) is 43.0 Å². The predicted octanol–water partition coefficient (Wildman–Crippen LogP) is 5.89. The molecule has 15 heteroatoms. The van der Waals surface area contributed by atoms with E-state index in [9.17, 15) is 45.4 Å². The Morgan fingerprint density at radius 1 is 0.900 bits per heavy atom. The Hall–Kier alpha value is -4.24. The number of aliphatic hydroxyl groups is 1. The molecular weight excluding hydrogens is 671 g/mol. The molecule has 2 atom stereocenters. The van der Waals surface area contributed by atoms with Gasteiger partial charge in [0.15, 0.2) is 0 Å². The quantitative estimate of drug-likeness (QED) is 0.322. The minimum absolute atomic E-state index is 0.0102. The Morgan fingerprint density at radius 3 is 2.08 bits per heavy atom. The van der Waals surface area contributed by atoms with Crippen LogP contribution in [0.2, 0.25) is 0 Å². The summed E-state index contributed by atoms with van der Waals surface area (Å²) in [6.45, 7) is 8.01. The van der Waals surface area contributed by atoms with Gasteiger partial charge in [-0.25, -0.2) is 9.37 Å². The first-order chi connectivity index (χ1) is 23.2. The number of anilines is 2. The average molecular weight is 710 g/mol. The number of rotatable bonds is 6. The second-order valence-electron chi connectivity index (χ2n) is 13.4. The maximum Gasteiger partial charge on any atom is 0.416 e. The molecule has 2 aliphatic heterocycles. The zero-order valence-electron chi connectivity index (χ0n) is 28.2. The maximum absolute atomic E-state index is 14.2. The monoisotopic (exact) mass is 709 g/mol. The first-order valence-electron chi connectivity index (χ1n) is 15.9. The van der Waals surface area contributed by atoms with E-state index in [1.54, 1.807) is 17.9 Å². The lowest BCUT2D eigenvalue weighted by Crippen LogP contribution is -2.66. The number of carbonyl (C=O) groups excluding carboxylic acids is 2. The number of benzene rings is 2. The summed E-state index contributed by atoms with van der Waals surface area (Å²) in [4.78, 5) is 37.9. The predicted molar refractivity (Wildman–Crippen MR) is 173 cm³/mol. The number of alkyl halides is 6. The molecule has 50 heavy (non-hydrogen) atoms. The van der Waals surface area contributed by atoms with Crippen molar-refractivity contribution in [3.05, 3.63) is 76.7 Å². The van der Waals surface area contributed by atoms with E-state index in [4.69, 9.17) is 0 Å². The number of amides is 2. The number of carbonyl (C=O) groups is 2. The summed E-state index contributed by atoms with van der Waals surface area (Å²) in [5, 5.41) is 10.4. The molecule has 270 valence electrons. The third-order valence-electron chi connectivity index (χ3n) is 9.71. The number of hydrogen-bond donors (Lipinski definition) is 1. The minimum Gasteiger partial charge on any atom is -0.394 e. The van der Waals surface area contributed by atoms with Crippen LogP contribution in [0.15, 0.2) is 48.7 Å². The summed E-state index contributed by atoms with van der Waals surface area (Å²) in [6, 6.07) is 6.35. The topological polar surface area (TPSA) is 80.2 Å². The molecule has 3 heterocycles. The van der Waals surface area contributed by atoms with Crippen LogP contribution in [0, 0.1) is 12.7 Å². The Bertz CT molecular complexity index is 1750. The number of piperazine rings is 2. The summed E-state index contributed by atoms with van der Waals surface area (Å²) in [5.74, 6) is -0.971. The molecule has 3 aromatic rings. The Morgan fingerprint density at radius 2 is 1.52 bits per heavy atom. The molecule has 0 bridgehead atoms. The highest BCUT2D eigenvalue weighted by molar-refractivity contribution is 6.03. The second kappa shape index (κ2) is 13.5. The van der Waals surface area contributed by atoms with E-state index in [1.165, 1.54) is 52.2 Å². The number of aliphatic hydroxyl groups excluding tert-OH is 1. The molecule has 2 saturated heterocycles. The van der Waals surface area contributed by atoms with Crippen LogP contribution < -0.4 is 9.80 Å². The fourth-order valence-corrected chi connectivity index (χ4v) is 6.75. The zero-order valence-corrected chi connectivity index (χ0v) is 28.2. The Balaban J connectivity index is 1.58. The van der Waals surface area contributed by atoms with Gasteiger partial charge < -0.3 is 19.8 Å². The van der Waals surface area contributed by atoms with Gasteiger partial charge in [-0.2, -0.15) is 26.3 Å². The van der Waals surface area contributed by atoms with Crippen molar-refractivity contribution in [2.24, 2.45) is 0 Å². The Kier molecular flexibility index (Phi) is 9.98. The lowest BCUT2D eigenvalue weighted by atomic mass is 9.81. The van der Waals surface area contributed by atoms with Crippen molar-refractivity contribution >= 4 is 23.3 Å². The van der Waals surface area contributed by atoms with Gasteiger partial charge in [0, 0.05) is 58.3 Å². The molecule has 0 aliphatic carbocycles. The lowest BCUT2D eigenvalue weighted by Gasteiger charge is -2.50. The SMILES string of the molecule is CC(=O)N1CCN2C[C@H](CO)N(c3cc(-c4ccc(F)cc4C)c(N(C)C(=O)C(C)(C)c4cc(C(F)(F)F)cc(C(F)(F)F)c4)cn3)C[C@@H]2C1. The van der Waals surface area contributed by atoms with Crippen molar-refractivity contribution in [2.45, 2.75) is 57.5 Å². The van der Waals surface area contributed by atoms with Crippen LogP contribution in [-0.4, -0.2) is 90.2 Å². The van der Waals surface area contributed by atoms with E-state index in [1.807, 2.05) is 4.90 Å². The third kappa shape index (κ3) is 7.29. The molecule has 2 fully saturated rings. The summed E-state index contributed by atoms with van der Waals surface area (Å²) in [6.07, 6.45) is -8.83. The van der Waals surface area contributed by atoms with Gasteiger partial charge in [-0.15, -0.1) is 0 Å². The van der Waals surface area contributed by atoms with Crippen LogP contribution in [0.4, 0.5) is 42.2 Å². The number of pyridine rings is 1. The van der Waals surface area contributed by atoms with Crippen molar-refractivity contribution in [3.8, 4) is 11.1 Å². The molecule has 2 amide bonds. The van der Waals surface area contributed by atoms with Crippen molar-refractivity contribution in [2.75, 3.05) is 56.2 Å². The lowest BCUT2D eigenvalue weighted by molar-refractivity contribution is -0.143. The zero-order chi connectivity index (χ0) is 36.9.